The third-order valence-corrected chi connectivity index (χ3v) is 5.34. The second kappa shape index (κ2) is 8.08. The molecule has 0 radical (unpaired) electrons. The number of halogens is 1. The second-order valence-corrected chi connectivity index (χ2v) is 7.98. The summed E-state index contributed by atoms with van der Waals surface area (Å²) in [5.41, 5.74) is 2.78. The van der Waals surface area contributed by atoms with Crippen LogP contribution in [-0.4, -0.2) is 31.1 Å². The predicted molar refractivity (Wildman–Crippen MR) is 120 cm³/mol. The van der Waals surface area contributed by atoms with Crippen LogP contribution < -0.4 is 10.7 Å². The van der Waals surface area contributed by atoms with Crippen molar-refractivity contribution < 1.29 is 14.3 Å². The summed E-state index contributed by atoms with van der Waals surface area (Å²) >= 11 is 5.86. The first kappa shape index (κ1) is 21.5. The number of carboxylic acids is 1. The second-order valence-electron chi connectivity index (χ2n) is 7.59. The number of fused-ring (bicyclic) bond motifs is 1. The molecule has 0 spiro atoms. The van der Waals surface area contributed by atoms with E-state index in [2.05, 4.69) is 20.6 Å². The number of pyridine rings is 1. The lowest BCUT2D eigenvalue weighted by molar-refractivity contribution is 0.0691. The summed E-state index contributed by atoms with van der Waals surface area (Å²) in [6, 6.07) is 6.31. The van der Waals surface area contributed by atoms with Crippen molar-refractivity contribution in [3.05, 3.63) is 68.2 Å². The molecule has 0 aliphatic rings. The number of aromatic carboxylic acids is 1. The van der Waals surface area contributed by atoms with Crippen LogP contribution in [0.15, 0.2) is 39.7 Å². The van der Waals surface area contributed by atoms with Gasteiger partial charge in [0.05, 0.1) is 23.3 Å². The Morgan fingerprint density at radius 3 is 2.69 bits per heavy atom. The number of benzene rings is 1. The van der Waals surface area contributed by atoms with E-state index in [1.165, 1.54) is 10.7 Å². The van der Waals surface area contributed by atoms with Gasteiger partial charge in [-0.2, -0.15) is 0 Å². The van der Waals surface area contributed by atoms with Gasteiger partial charge in [0, 0.05) is 18.2 Å². The molecule has 32 heavy (non-hydrogen) atoms. The topological polar surface area (TPSA) is 123 Å². The van der Waals surface area contributed by atoms with Gasteiger partial charge in [-0.3, -0.25) is 9.48 Å². The number of anilines is 1. The fraction of sp³-hybridized carbons (Fsp3) is 0.227. The summed E-state index contributed by atoms with van der Waals surface area (Å²) < 4.78 is 7.73. The zero-order chi connectivity index (χ0) is 23.2. The van der Waals surface area contributed by atoms with Crippen molar-refractivity contribution in [3.8, 4) is 11.5 Å². The maximum Gasteiger partial charge on any atom is 0.356 e. The number of hydrogen-bond donors (Lipinski definition) is 2. The maximum atomic E-state index is 13.2. The van der Waals surface area contributed by atoms with E-state index in [1.54, 1.807) is 32.3 Å². The Kier molecular flexibility index (Phi) is 5.43. The fourth-order valence-electron chi connectivity index (χ4n) is 3.61. The van der Waals surface area contributed by atoms with E-state index in [-0.39, 0.29) is 16.3 Å². The van der Waals surface area contributed by atoms with Crippen LogP contribution in [0, 0.1) is 13.8 Å². The van der Waals surface area contributed by atoms with Gasteiger partial charge in [0.1, 0.15) is 16.4 Å². The van der Waals surface area contributed by atoms with Crippen LogP contribution in [0.1, 0.15) is 40.1 Å². The van der Waals surface area contributed by atoms with Gasteiger partial charge in [-0.1, -0.05) is 22.9 Å². The number of hydrogen-bond acceptors (Lipinski definition) is 7. The Morgan fingerprint density at radius 1 is 1.28 bits per heavy atom. The molecule has 0 bridgehead atoms. The minimum atomic E-state index is -1.21. The van der Waals surface area contributed by atoms with Gasteiger partial charge >= 0.3 is 5.97 Å². The Morgan fingerprint density at radius 2 is 2.03 bits per heavy atom. The summed E-state index contributed by atoms with van der Waals surface area (Å²) in [5.74, 6) is -0.865. The summed E-state index contributed by atoms with van der Waals surface area (Å²) in [4.78, 5) is 28.7. The van der Waals surface area contributed by atoms with E-state index in [4.69, 9.17) is 16.0 Å². The van der Waals surface area contributed by atoms with Crippen molar-refractivity contribution in [2.75, 3.05) is 5.32 Å². The first-order valence-corrected chi connectivity index (χ1v) is 10.1. The molecule has 0 aliphatic carbocycles. The van der Waals surface area contributed by atoms with Gasteiger partial charge in [-0.15, -0.1) is 5.10 Å². The minimum absolute atomic E-state index is 0.0803. The standard InChI is InChI=1S/C22H20ClN5O4/c1-10-7-13(12(3)24-15-5-6-17(23)25-18(15)22(30)31)21-14(8-10)19(29)11(2)20(32-21)16-9-28(4)27-26-16/h5-9,12,24H,1-4H3,(H,30,31). The molecule has 10 heteroatoms. The molecule has 1 atom stereocenters. The van der Waals surface area contributed by atoms with Crippen LogP contribution in [0.4, 0.5) is 5.69 Å². The van der Waals surface area contributed by atoms with Crippen molar-refractivity contribution in [3.63, 3.8) is 0 Å². The lowest BCUT2D eigenvalue weighted by atomic mass is 9.99. The van der Waals surface area contributed by atoms with Crippen molar-refractivity contribution in [2.24, 2.45) is 7.05 Å². The molecule has 1 aromatic carbocycles. The van der Waals surface area contributed by atoms with E-state index in [0.717, 1.165) is 5.56 Å². The molecular weight excluding hydrogens is 434 g/mol. The molecule has 1 unspecified atom stereocenters. The Bertz CT molecular complexity index is 1430. The molecule has 164 valence electrons. The Hall–Kier alpha value is -3.72. The highest BCUT2D eigenvalue weighted by atomic mass is 35.5. The van der Waals surface area contributed by atoms with Gasteiger partial charge in [0.15, 0.2) is 16.9 Å². The minimum Gasteiger partial charge on any atom is -0.476 e. The van der Waals surface area contributed by atoms with E-state index in [0.29, 0.717) is 39.2 Å². The molecule has 0 fully saturated rings. The monoisotopic (exact) mass is 453 g/mol. The Labute approximate surface area is 187 Å². The molecule has 0 aliphatic heterocycles. The van der Waals surface area contributed by atoms with Crippen molar-refractivity contribution in [2.45, 2.75) is 26.8 Å². The fourth-order valence-corrected chi connectivity index (χ4v) is 3.76. The van der Waals surface area contributed by atoms with E-state index < -0.39 is 12.0 Å². The SMILES string of the molecule is Cc1cc(C(C)Nc2ccc(Cl)nc2C(=O)O)c2oc(-c3cn(C)nn3)c(C)c(=O)c2c1. The zero-order valence-corrected chi connectivity index (χ0v) is 18.6. The van der Waals surface area contributed by atoms with Gasteiger partial charge in [0.25, 0.3) is 0 Å². The van der Waals surface area contributed by atoms with E-state index >= 15 is 0 Å². The summed E-state index contributed by atoms with van der Waals surface area (Å²) in [6.45, 7) is 5.42. The van der Waals surface area contributed by atoms with Crippen LogP contribution in [0.5, 0.6) is 0 Å². The first-order chi connectivity index (χ1) is 15.2. The maximum absolute atomic E-state index is 13.2. The number of carbonyl (C=O) groups is 1. The highest BCUT2D eigenvalue weighted by Gasteiger charge is 2.21. The third-order valence-electron chi connectivity index (χ3n) is 5.13. The number of carboxylic acid groups (broad SMARTS) is 1. The van der Waals surface area contributed by atoms with Crippen molar-refractivity contribution in [1.29, 1.82) is 0 Å². The normalized spacial score (nSPS) is 12.2. The third kappa shape index (κ3) is 3.82. The Balaban J connectivity index is 1.88. The molecule has 4 rings (SSSR count). The highest BCUT2D eigenvalue weighted by Crippen LogP contribution is 2.32. The van der Waals surface area contributed by atoms with Crippen LogP contribution in [0.25, 0.3) is 22.4 Å². The lowest BCUT2D eigenvalue weighted by Gasteiger charge is -2.19. The summed E-state index contributed by atoms with van der Waals surface area (Å²) in [6.07, 6.45) is 1.67. The molecule has 3 heterocycles. The van der Waals surface area contributed by atoms with Gasteiger partial charge in [-0.05, 0) is 44.5 Å². The molecule has 3 aromatic heterocycles. The molecule has 0 saturated carbocycles. The molecule has 0 amide bonds. The number of aryl methyl sites for hydroxylation is 2. The molecule has 9 nitrogen and oxygen atoms in total. The molecular formula is C22H20ClN5O4. The average Bonchev–Trinajstić information content (AvgIpc) is 3.17. The number of aromatic nitrogens is 4. The average molecular weight is 454 g/mol. The van der Waals surface area contributed by atoms with E-state index in [1.807, 2.05) is 19.9 Å². The van der Waals surface area contributed by atoms with Gasteiger partial charge < -0.3 is 14.8 Å². The predicted octanol–water partition coefficient (Wildman–Crippen LogP) is 4.13. The van der Waals surface area contributed by atoms with E-state index in [9.17, 15) is 14.7 Å². The number of nitrogens with one attached hydrogen (secondary N) is 1. The number of nitrogens with zero attached hydrogens (tertiary/aromatic N) is 4. The zero-order valence-electron chi connectivity index (χ0n) is 17.8. The smallest absolute Gasteiger partial charge is 0.356 e. The van der Waals surface area contributed by atoms with Gasteiger partial charge in [-0.25, -0.2) is 9.78 Å². The summed E-state index contributed by atoms with van der Waals surface area (Å²) in [7, 11) is 1.73. The molecule has 4 aromatic rings. The molecule has 2 N–H and O–H groups in total. The number of rotatable bonds is 5. The first-order valence-electron chi connectivity index (χ1n) is 9.76. The molecule has 0 saturated heterocycles. The summed E-state index contributed by atoms with van der Waals surface area (Å²) in [5, 5.41) is 21.2. The van der Waals surface area contributed by atoms with Crippen LogP contribution in [0.3, 0.4) is 0 Å². The van der Waals surface area contributed by atoms with Gasteiger partial charge in [0.2, 0.25) is 0 Å². The van der Waals surface area contributed by atoms with Crippen molar-refractivity contribution in [1.82, 2.24) is 20.0 Å². The van der Waals surface area contributed by atoms with Crippen LogP contribution in [-0.2, 0) is 7.05 Å². The van der Waals surface area contributed by atoms with Crippen molar-refractivity contribution >= 4 is 34.2 Å². The largest absolute Gasteiger partial charge is 0.476 e. The lowest BCUT2D eigenvalue weighted by Crippen LogP contribution is -2.14. The highest BCUT2D eigenvalue weighted by molar-refractivity contribution is 6.29. The van der Waals surface area contributed by atoms with Crippen LogP contribution >= 0.6 is 11.6 Å². The van der Waals surface area contributed by atoms with Crippen LogP contribution in [0.2, 0.25) is 5.15 Å². The quantitative estimate of drug-likeness (QED) is 0.432.